The molecule has 2 aromatic carbocycles. The minimum absolute atomic E-state index is 0.0447. The van der Waals surface area contributed by atoms with Crippen LogP contribution in [0.2, 0.25) is 0 Å². The highest BCUT2D eigenvalue weighted by Crippen LogP contribution is 2.30. The Morgan fingerprint density at radius 3 is 1.47 bits per heavy atom. The summed E-state index contributed by atoms with van der Waals surface area (Å²) >= 11 is 0. The number of anilines is 2. The van der Waals surface area contributed by atoms with Gasteiger partial charge in [-0.2, -0.15) is 0 Å². The minimum Gasteiger partial charge on any atom is -0.326 e. The van der Waals surface area contributed by atoms with E-state index in [-0.39, 0.29) is 23.2 Å². The summed E-state index contributed by atoms with van der Waals surface area (Å²) in [6.07, 6.45) is 0.944. The number of nitro benzene ring substituents is 2. The van der Waals surface area contributed by atoms with Gasteiger partial charge in [-0.15, -0.1) is 0 Å². The van der Waals surface area contributed by atoms with E-state index < -0.39 is 9.85 Å². The molecular formula is C20H22N4O6S2. The summed E-state index contributed by atoms with van der Waals surface area (Å²) < 4.78 is 0. The molecule has 0 bridgehead atoms. The number of aryl methyl sites for hydroxylation is 2. The number of nitrogens with zero attached hydrogens (tertiary/aromatic N) is 2. The predicted octanol–water partition coefficient (Wildman–Crippen LogP) is 4.59. The number of amides is 2. The fraction of sp³-hybridized carbons (Fsp3) is 0.300. The van der Waals surface area contributed by atoms with Crippen molar-refractivity contribution >= 4 is 56.2 Å². The van der Waals surface area contributed by atoms with Crippen molar-refractivity contribution in [2.45, 2.75) is 26.7 Å². The average molecular weight is 479 g/mol. The molecule has 0 aromatic heterocycles. The molecule has 2 rings (SSSR count). The topological polar surface area (TPSA) is 144 Å². The molecule has 2 amide bonds. The molecule has 2 aromatic rings. The van der Waals surface area contributed by atoms with Crippen LogP contribution in [0.3, 0.4) is 0 Å². The second-order valence-corrected chi connectivity index (χ2v) is 9.41. The summed E-state index contributed by atoms with van der Waals surface area (Å²) in [6.45, 7) is 2.67. The zero-order valence-corrected chi connectivity index (χ0v) is 19.1. The molecule has 170 valence electrons. The molecule has 10 nitrogen and oxygen atoms in total. The lowest BCUT2D eigenvalue weighted by Gasteiger charge is -2.07. The van der Waals surface area contributed by atoms with Crippen molar-refractivity contribution in [2.24, 2.45) is 0 Å². The van der Waals surface area contributed by atoms with Gasteiger partial charge in [0.25, 0.3) is 11.4 Å². The van der Waals surface area contributed by atoms with E-state index in [1.165, 1.54) is 47.6 Å². The van der Waals surface area contributed by atoms with Crippen molar-refractivity contribution in [3.63, 3.8) is 0 Å². The van der Waals surface area contributed by atoms with Crippen molar-refractivity contribution in [2.75, 3.05) is 22.1 Å². The maximum Gasteiger partial charge on any atom is 0.274 e. The highest BCUT2D eigenvalue weighted by atomic mass is 33.1. The van der Waals surface area contributed by atoms with Crippen molar-refractivity contribution < 1.29 is 19.4 Å². The van der Waals surface area contributed by atoms with E-state index in [1.807, 2.05) is 0 Å². The monoisotopic (exact) mass is 478 g/mol. The van der Waals surface area contributed by atoms with Crippen LogP contribution in [-0.4, -0.2) is 33.2 Å². The molecule has 0 saturated heterocycles. The highest BCUT2D eigenvalue weighted by molar-refractivity contribution is 8.76. The van der Waals surface area contributed by atoms with E-state index in [9.17, 15) is 29.8 Å². The van der Waals surface area contributed by atoms with E-state index in [4.69, 9.17) is 0 Å². The Balaban J connectivity index is 1.87. The summed E-state index contributed by atoms with van der Waals surface area (Å²) in [5.74, 6) is 0.635. The Bertz CT molecular complexity index is 950. The standard InChI is InChI=1S/C20H22N4O6S2/c1-13(25)21-17-5-3-15(19(11-17)23(27)28)7-9-31-32-10-8-16-4-6-18(22-14(2)26)12-20(16)24(29)30/h3-6,11-12H,7-10H2,1-2H3,(H,21,25)(H,22,26). The fourth-order valence-electron chi connectivity index (χ4n) is 2.87. The molecule has 2 N–H and O–H groups in total. The SMILES string of the molecule is CC(=O)Nc1ccc(CCSSCCc2ccc(NC(C)=O)cc2[N+](=O)[O-])c([N+](=O)[O-])c1. The van der Waals surface area contributed by atoms with Crippen LogP contribution in [0.25, 0.3) is 0 Å². The quantitative estimate of drug-likeness (QED) is 0.206. The molecular weight excluding hydrogens is 456 g/mol. The van der Waals surface area contributed by atoms with E-state index >= 15 is 0 Å². The van der Waals surface area contributed by atoms with Crippen LogP contribution < -0.4 is 10.6 Å². The predicted molar refractivity (Wildman–Crippen MR) is 127 cm³/mol. The van der Waals surface area contributed by atoms with Gasteiger partial charge in [-0.05, 0) is 25.0 Å². The first-order valence-corrected chi connectivity index (χ1v) is 12.0. The molecule has 0 radical (unpaired) electrons. The average Bonchev–Trinajstić information content (AvgIpc) is 2.71. The molecule has 0 aliphatic rings. The molecule has 0 unspecified atom stereocenters. The van der Waals surface area contributed by atoms with Crippen LogP contribution >= 0.6 is 21.6 Å². The van der Waals surface area contributed by atoms with Crippen LogP contribution in [0.4, 0.5) is 22.7 Å². The van der Waals surface area contributed by atoms with Crippen molar-refractivity contribution in [3.05, 3.63) is 67.8 Å². The number of nitrogens with one attached hydrogen (secondary N) is 2. The Labute approximate surface area is 192 Å². The van der Waals surface area contributed by atoms with Crippen LogP contribution in [0.1, 0.15) is 25.0 Å². The van der Waals surface area contributed by atoms with E-state index in [1.54, 1.807) is 24.3 Å². The number of nitro groups is 2. The van der Waals surface area contributed by atoms with Gasteiger partial charge in [0.2, 0.25) is 11.8 Å². The van der Waals surface area contributed by atoms with Crippen molar-refractivity contribution in [1.82, 2.24) is 0 Å². The molecule has 0 fully saturated rings. The van der Waals surface area contributed by atoms with Crippen molar-refractivity contribution in [1.29, 1.82) is 0 Å². The molecule has 0 heterocycles. The summed E-state index contributed by atoms with van der Waals surface area (Å²) in [5.41, 5.74) is 1.80. The summed E-state index contributed by atoms with van der Waals surface area (Å²) in [6, 6.07) is 9.22. The lowest BCUT2D eigenvalue weighted by molar-refractivity contribution is -0.385. The van der Waals surface area contributed by atoms with Gasteiger partial charge in [-0.3, -0.25) is 29.8 Å². The van der Waals surface area contributed by atoms with E-state index in [2.05, 4.69) is 10.6 Å². The van der Waals surface area contributed by atoms with Gasteiger partial charge in [-0.1, -0.05) is 33.7 Å². The normalized spacial score (nSPS) is 10.4. The Kier molecular flexibility index (Phi) is 9.47. The third-order valence-electron chi connectivity index (χ3n) is 4.20. The van der Waals surface area contributed by atoms with Crippen LogP contribution in [0.15, 0.2) is 36.4 Å². The molecule has 0 aliphatic carbocycles. The number of carbonyl (C=O) groups is 2. The molecule has 0 spiro atoms. The first kappa shape index (κ1) is 25.1. The number of carbonyl (C=O) groups excluding carboxylic acids is 2. The Morgan fingerprint density at radius 2 is 1.16 bits per heavy atom. The lowest BCUT2D eigenvalue weighted by Crippen LogP contribution is -2.07. The maximum atomic E-state index is 11.3. The summed E-state index contributed by atoms with van der Waals surface area (Å²) in [5, 5.41) is 27.7. The largest absolute Gasteiger partial charge is 0.326 e. The van der Waals surface area contributed by atoms with E-state index in [0.717, 1.165) is 0 Å². The van der Waals surface area contributed by atoms with Crippen LogP contribution in [0, 0.1) is 20.2 Å². The molecule has 12 heteroatoms. The van der Waals surface area contributed by atoms with Gasteiger partial charge in [0.1, 0.15) is 0 Å². The Hall–Kier alpha value is -3.12. The van der Waals surface area contributed by atoms with Gasteiger partial charge in [-0.25, -0.2) is 0 Å². The molecule has 0 atom stereocenters. The first-order chi connectivity index (χ1) is 15.2. The molecule has 0 saturated carbocycles. The second kappa shape index (κ2) is 12.1. The minimum atomic E-state index is -0.470. The Morgan fingerprint density at radius 1 is 0.781 bits per heavy atom. The van der Waals surface area contributed by atoms with Gasteiger partial charge in [0.05, 0.1) is 9.85 Å². The molecule has 32 heavy (non-hydrogen) atoms. The number of rotatable bonds is 11. The van der Waals surface area contributed by atoms with Gasteiger partial charge in [0, 0.05) is 60.0 Å². The zero-order valence-electron chi connectivity index (χ0n) is 17.5. The van der Waals surface area contributed by atoms with Crippen LogP contribution in [-0.2, 0) is 22.4 Å². The van der Waals surface area contributed by atoms with Gasteiger partial charge < -0.3 is 10.6 Å². The number of hydrogen-bond acceptors (Lipinski definition) is 8. The highest BCUT2D eigenvalue weighted by Gasteiger charge is 2.16. The maximum absolute atomic E-state index is 11.3. The lowest BCUT2D eigenvalue weighted by atomic mass is 10.1. The van der Waals surface area contributed by atoms with E-state index in [0.29, 0.717) is 46.8 Å². The van der Waals surface area contributed by atoms with Crippen LogP contribution in [0.5, 0.6) is 0 Å². The summed E-state index contributed by atoms with van der Waals surface area (Å²) in [4.78, 5) is 44.0. The smallest absolute Gasteiger partial charge is 0.274 e. The fourth-order valence-corrected chi connectivity index (χ4v) is 4.92. The first-order valence-electron chi connectivity index (χ1n) is 9.51. The third kappa shape index (κ3) is 7.85. The third-order valence-corrected chi connectivity index (χ3v) is 6.61. The van der Waals surface area contributed by atoms with Crippen molar-refractivity contribution in [3.8, 4) is 0 Å². The number of benzene rings is 2. The number of hydrogen-bond donors (Lipinski definition) is 2. The van der Waals surface area contributed by atoms with Gasteiger partial charge in [0.15, 0.2) is 0 Å². The van der Waals surface area contributed by atoms with Gasteiger partial charge >= 0.3 is 0 Å². The summed E-state index contributed by atoms with van der Waals surface area (Å²) in [7, 11) is 3.05. The molecule has 0 aliphatic heterocycles. The second-order valence-electron chi connectivity index (χ2n) is 6.71. The zero-order chi connectivity index (χ0) is 23.7.